The maximum Gasteiger partial charge on any atom is 0.416 e. The molecule has 0 saturated carbocycles. The Morgan fingerprint density at radius 3 is 2.14 bits per heavy atom. The molecule has 1 aliphatic rings. The van der Waals surface area contributed by atoms with E-state index < -0.39 is 41.7 Å². The van der Waals surface area contributed by atoms with Gasteiger partial charge in [-0.05, 0) is 42.0 Å². The van der Waals surface area contributed by atoms with Crippen molar-refractivity contribution in [1.82, 2.24) is 9.80 Å². The average Bonchev–Trinajstić information content (AvgIpc) is 2.82. The number of nitrogens with zero attached hydrogens (tertiary/aromatic N) is 2. The maximum absolute atomic E-state index is 13.0. The van der Waals surface area contributed by atoms with E-state index in [0.29, 0.717) is 49.7 Å². The van der Waals surface area contributed by atoms with Crippen LogP contribution in [0.4, 0.5) is 42.5 Å². The number of anilines is 2. The lowest BCUT2D eigenvalue weighted by molar-refractivity contribution is -0.143. The number of hydrogen-bond donors (Lipinski definition) is 3. The molecule has 198 valence electrons. The molecule has 1 aliphatic heterocycles. The van der Waals surface area contributed by atoms with Gasteiger partial charge in [-0.15, -0.1) is 11.8 Å². The van der Waals surface area contributed by atoms with Crippen LogP contribution < -0.4 is 17.0 Å². The molecule has 0 aromatic heterocycles. The van der Waals surface area contributed by atoms with Gasteiger partial charge in [0.05, 0.1) is 22.5 Å². The van der Waals surface area contributed by atoms with Crippen LogP contribution in [0.1, 0.15) is 16.7 Å². The van der Waals surface area contributed by atoms with Crippen LogP contribution in [-0.4, -0.2) is 54.4 Å². The Hall–Kier alpha value is -2.84. The van der Waals surface area contributed by atoms with E-state index in [1.54, 1.807) is 17.8 Å². The maximum atomic E-state index is 13.0. The summed E-state index contributed by atoms with van der Waals surface area (Å²) < 4.78 is 83.0. The summed E-state index contributed by atoms with van der Waals surface area (Å²) >= 11 is 1.61. The van der Waals surface area contributed by atoms with Gasteiger partial charge in [-0.1, -0.05) is 0 Å². The fraction of sp³-hybridized carbons (Fsp3) is 0.409. The molecule has 1 amide bonds. The number of amides is 1. The molecule has 36 heavy (non-hydrogen) atoms. The quantitative estimate of drug-likeness (QED) is 0.156. The third-order valence-corrected chi connectivity index (χ3v) is 6.47. The molecule has 1 fully saturated rings. The smallest absolute Gasteiger partial charge is 0.416 e. The van der Waals surface area contributed by atoms with Crippen molar-refractivity contribution in [2.24, 2.45) is 5.84 Å². The number of piperazine rings is 1. The van der Waals surface area contributed by atoms with Gasteiger partial charge < -0.3 is 20.8 Å². The molecule has 0 radical (unpaired) electrons. The fourth-order valence-corrected chi connectivity index (χ4v) is 4.49. The Labute approximate surface area is 207 Å². The third-order valence-electron chi connectivity index (χ3n) is 5.50. The van der Waals surface area contributed by atoms with Gasteiger partial charge in [0.1, 0.15) is 6.61 Å². The Balaban J connectivity index is 1.47. The van der Waals surface area contributed by atoms with Gasteiger partial charge in [-0.3, -0.25) is 10.7 Å². The predicted octanol–water partition coefficient (Wildman–Crippen LogP) is 4.64. The van der Waals surface area contributed by atoms with Crippen molar-refractivity contribution in [3.05, 3.63) is 53.1 Å². The number of halogens is 6. The van der Waals surface area contributed by atoms with Crippen molar-refractivity contribution < 1.29 is 35.9 Å². The van der Waals surface area contributed by atoms with Gasteiger partial charge in [0, 0.05) is 43.4 Å². The van der Waals surface area contributed by atoms with E-state index in [2.05, 4.69) is 10.3 Å². The van der Waals surface area contributed by atoms with Crippen LogP contribution in [0.15, 0.2) is 41.3 Å². The third kappa shape index (κ3) is 7.58. The molecular weight excluding hydrogens is 512 g/mol. The summed E-state index contributed by atoms with van der Waals surface area (Å²) in [5.74, 6) is 6.20. The number of ether oxygens (including phenoxy) is 1. The average molecular weight is 538 g/mol. The summed E-state index contributed by atoms with van der Waals surface area (Å²) in [5.41, 5.74) is 6.20. The minimum Gasteiger partial charge on any atom is -0.445 e. The highest BCUT2D eigenvalue weighted by molar-refractivity contribution is 7.99. The summed E-state index contributed by atoms with van der Waals surface area (Å²) in [6, 6.07) is 6.61. The number of nitrogen functional groups attached to an aromatic ring is 2. The fourth-order valence-electron chi connectivity index (χ4n) is 3.54. The second-order valence-corrected chi connectivity index (χ2v) is 9.21. The summed E-state index contributed by atoms with van der Waals surface area (Å²) in [7, 11) is 0. The molecule has 0 atom stereocenters. The van der Waals surface area contributed by atoms with Gasteiger partial charge >= 0.3 is 18.4 Å². The van der Waals surface area contributed by atoms with Crippen LogP contribution in [0, 0.1) is 0 Å². The number of nitrogens with two attached hydrogens (primary N) is 2. The van der Waals surface area contributed by atoms with Gasteiger partial charge in [0.25, 0.3) is 0 Å². The Morgan fingerprint density at radius 1 is 0.972 bits per heavy atom. The SMILES string of the molecule is NNc1cc(SCCN2CCN(C(=O)OCc3cc(C(F)(F)F)cc(C(F)(F)F)c3)CC2)ccc1N. The lowest BCUT2D eigenvalue weighted by atomic mass is 10.1. The molecule has 0 unspecified atom stereocenters. The molecule has 2 aromatic rings. The number of benzene rings is 2. The minimum absolute atomic E-state index is 0.0318. The van der Waals surface area contributed by atoms with Gasteiger partial charge in [0.15, 0.2) is 0 Å². The van der Waals surface area contributed by atoms with Crippen LogP contribution in [0.25, 0.3) is 0 Å². The van der Waals surface area contributed by atoms with E-state index in [-0.39, 0.29) is 6.07 Å². The molecule has 7 nitrogen and oxygen atoms in total. The molecule has 3 rings (SSSR count). The van der Waals surface area contributed by atoms with Crippen LogP contribution in [0.3, 0.4) is 0 Å². The first-order valence-electron chi connectivity index (χ1n) is 10.8. The lowest BCUT2D eigenvalue weighted by Gasteiger charge is -2.34. The van der Waals surface area contributed by atoms with E-state index in [9.17, 15) is 31.1 Å². The zero-order chi connectivity index (χ0) is 26.5. The second-order valence-electron chi connectivity index (χ2n) is 8.04. The van der Waals surface area contributed by atoms with Crippen LogP contribution in [0.5, 0.6) is 0 Å². The number of nitrogens with one attached hydrogen (secondary N) is 1. The highest BCUT2D eigenvalue weighted by Gasteiger charge is 2.37. The molecule has 5 N–H and O–H groups in total. The van der Waals surface area contributed by atoms with E-state index >= 15 is 0 Å². The van der Waals surface area contributed by atoms with Crippen LogP contribution in [-0.2, 0) is 23.7 Å². The number of hydrogen-bond acceptors (Lipinski definition) is 7. The Morgan fingerprint density at radius 2 is 1.58 bits per heavy atom. The molecular formula is C22H25F6N5O2S. The molecule has 14 heteroatoms. The molecule has 0 aliphatic carbocycles. The molecule has 1 saturated heterocycles. The van der Waals surface area contributed by atoms with E-state index in [4.69, 9.17) is 16.3 Å². The van der Waals surface area contributed by atoms with Crippen molar-refractivity contribution in [2.45, 2.75) is 23.9 Å². The number of hydrazine groups is 1. The van der Waals surface area contributed by atoms with Crippen LogP contribution in [0.2, 0.25) is 0 Å². The Bertz CT molecular complexity index is 1030. The van der Waals surface area contributed by atoms with E-state index in [1.807, 2.05) is 12.1 Å². The summed E-state index contributed by atoms with van der Waals surface area (Å²) in [6.45, 7) is 1.78. The largest absolute Gasteiger partial charge is 0.445 e. The zero-order valence-electron chi connectivity index (χ0n) is 19.0. The molecule has 1 heterocycles. The van der Waals surface area contributed by atoms with E-state index in [1.165, 1.54) is 4.90 Å². The topological polar surface area (TPSA) is 96.8 Å². The van der Waals surface area contributed by atoms with Crippen molar-refractivity contribution in [3.63, 3.8) is 0 Å². The highest BCUT2D eigenvalue weighted by atomic mass is 32.2. The first-order chi connectivity index (χ1) is 16.9. The number of alkyl halides is 6. The monoisotopic (exact) mass is 537 g/mol. The van der Waals surface area contributed by atoms with Crippen molar-refractivity contribution in [1.29, 1.82) is 0 Å². The number of carbonyl (C=O) groups is 1. The normalized spacial score (nSPS) is 15.1. The lowest BCUT2D eigenvalue weighted by Crippen LogP contribution is -2.49. The predicted molar refractivity (Wildman–Crippen MR) is 124 cm³/mol. The Kier molecular flexibility index (Phi) is 8.84. The summed E-state index contributed by atoms with van der Waals surface area (Å²) in [6.07, 6.45) is -10.7. The van der Waals surface area contributed by atoms with Gasteiger partial charge in [-0.25, -0.2) is 4.79 Å². The molecule has 2 aromatic carbocycles. The van der Waals surface area contributed by atoms with Crippen molar-refractivity contribution in [2.75, 3.05) is 49.6 Å². The van der Waals surface area contributed by atoms with Crippen molar-refractivity contribution in [3.8, 4) is 0 Å². The first-order valence-corrected chi connectivity index (χ1v) is 11.8. The first kappa shape index (κ1) is 27.7. The molecule has 0 bridgehead atoms. The highest BCUT2D eigenvalue weighted by Crippen LogP contribution is 2.36. The van der Waals surface area contributed by atoms with E-state index in [0.717, 1.165) is 17.2 Å². The molecule has 0 spiro atoms. The second kappa shape index (κ2) is 11.5. The number of carbonyl (C=O) groups excluding carboxylic acids is 1. The number of rotatable bonds is 7. The summed E-state index contributed by atoms with van der Waals surface area (Å²) in [5, 5.41) is 0. The summed E-state index contributed by atoms with van der Waals surface area (Å²) in [4.78, 5) is 16.8. The van der Waals surface area contributed by atoms with Crippen molar-refractivity contribution >= 4 is 29.2 Å². The standard InChI is InChI=1S/C22H25F6N5O2S/c23-21(24,25)15-9-14(10-16(11-15)22(26,27)28)13-35-20(34)33-5-3-32(4-6-33)7-8-36-17-1-2-18(29)19(12-17)31-30/h1-2,9-12,31H,3-8,13,29-30H2. The van der Waals surface area contributed by atoms with Crippen LogP contribution >= 0.6 is 11.8 Å². The van der Waals surface area contributed by atoms with Gasteiger partial charge in [-0.2, -0.15) is 26.3 Å². The minimum atomic E-state index is -4.97. The van der Waals surface area contributed by atoms with Gasteiger partial charge in [0.2, 0.25) is 0 Å². The number of thioether (sulfide) groups is 1. The zero-order valence-corrected chi connectivity index (χ0v) is 19.8.